The van der Waals surface area contributed by atoms with Gasteiger partial charge >= 0.3 is 0 Å². The Kier molecular flexibility index (Phi) is 4.14. The smallest absolute Gasteiger partial charge is 0.203 e. The first-order chi connectivity index (χ1) is 18.1. The molecule has 0 radical (unpaired) electrons. The molecule has 5 aliphatic rings. The van der Waals surface area contributed by atoms with E-state index in [9.17, 15) is 4.79 Å². The maximum atomic E-state index is 15.0. The highest BCUT2D eigenvalue weighted by molar-refractivity contribution is 6.07. The van der Waals surface area contributed by atoms with E-state index in [2.05, 4.69) is 30.3 Å². The molecule has 4 heteroatoms. The fraction of sp³-hybridized carbons (Fsp3) is 0.273. The normalized spacial score (nSPS) is 30.6. The number of ether oxygens (including phenoxy) is 2. The van der Waals surface area contributed by atoms with E-state index >= 15 is 4.79 Å². The van der Waals surface area contributed by atoms with Gasteiger partial charge in [-0.2, -0.15) is 0 Å². The second kappa shape index (κ2) is 7.17. The van der Waals surface area contributed by atoms with Gasteiger partial charge < -0.3 is 9.47 Å². The monoisotopic (exact) mass is 486 g/mol. The summed E-state index contributed by atoms with van der Waals surface area (Å²) < 4.78 is 13.4. The van der Waals surface area contributed by atoms with E-state index < -0.39 is 29.0 Å². The zero-order valence-corrected chi connectivity index (χ0v) is 20.6. The van der Waals surface area contributed by atoms with E-state index in [-0.39, 0.29) is 18.0 Å². The van der Waals surface area contributed by atoms with Crippen molar-refractivity contribution in [1.29, 1.82) is 0 Å². The predicted octanol–water partition coefficient (Wildman–Crippen LogP) is 5.95. The Balaban J connectivity index is 1.55. The molecular weight excluding hydrogens is 460 g/mol. The summed E-state index contributed by atoms with van der Waals surface area (Å²) in [5, 5.41) is 2.24. The molecular formula is C33H26O4. The van der Waals surface area contributed by atoms with Crippen LogP contribution in [0.25, 0.3) is 10.8 Å². The summed E-state index contributed by atoms with van der Waals surface area (Å²) in [7, 11) is 0. The number of Topliss-reactive ketones (excluding diaryl/α,β-unsaturated/α-hetero) is 2. The first-order valence-electron chi connectivity index (χ1n) is 13.2. The van der Waals surface area contributed by atoms with Gasteiger partial charge in [-0.15, -0.1) is 0 Å². The van der Waals surface area contributed by atoms with Gasteiger partial charge in [0, 0.05) is 24.2 Å². The molecule has 0 saturated heterocycles. The number of fused-ring (bicyclic) bond motifs is 5. The van der Waals surface area contributed by atoms with Gasteiger partial charge in [0.25, 0.3) is 0 Å². The molecule has 0 amide bonds. The standard InChI is InChI=1S/C33H26O4/c1-2-36-30-22-12-6-8-14-25(22)33-31(35)29(30)28-21-11-5-7-13-24(21)32(33,18-26(28)34)17-23-20-10-4-3-9-19(20)15-16-27(23)37-33/h3-16,28-30H,2,17-18H2,1H3/t28-,29-,30+,32-,33-/m1/s1. The largest absolute Gasteiger partial charge is 0.473 e. The van der Waals surface area contributed by atoms with Gasteiger partial charge in [0.2, 0.25) is 5.60 Å². The highest BCUT2D eigenvalue weighted by Crippen LogP contribution is 2.67. The molecule has 0 unspecified atom stereocenters. The molecule has 1 heterocycles. The lowest BCUT2D eigenvalue weighted by molar-refractivity contribution is -0.157. The van der Waals surface area contributed by atoms with Crippen LogP contribution in [-0.4, -0.2) is 18.2 Å². The molecule has 5 atom stereocenters. The molecule has 2 spiro atoms. The quantitative estimate of drug-likeness (QED) is 0.351. The third-order valence-electron chi connectivity index (χ3n) is 9.38. The van der Waals surface area contributed by atoms with Crippen LogP contribution in [0.15, 0.2) is 84.9 Å². The first kappa shape index (κ1) is 21.3. The molecule has 4 nitrogen and oxygen atoms in total. The number of rotatable bonds is 2. The predicted molar refractivity (Wildman–Crippen MR) is 140 cm³/mol. The Hall–Kier alpha value is -3.76. The fourth-order valence-electron chi connectivity index (χ4n) is 8.09. The minimum atomic E-state index is -1.30. The van der Waals surface area contributed by atoms with Crippen LogP contribution in [0.5, 0.6) is 5.75 Å². The van der Waals surface area contributed by atoms with Crippen molar-refractivity contribution in [3.05, 3.63) is 113 Å². The second-order valence-corrected chi connectivity index (χ2v) is 10.9. The zero-order valence-electron chi connectivity index (χ0n) is 20.6. The molecule has 1 saturated carbocycles. The molecule has 182 valence electrons. The Morgan fingerprint density at radius 2 is 1.57 bits per heavy atom. The molecule has 4 bridgehead atoms. The van der Waals surface area contributed by atoms with Crippen molar-refractivity contribution in [1.82, 2.24) is 0 Å². The summed E-state index contributed by atoms with van der Waals surface area (Å²) >= 11 is 0. The van der Waals surface area contributed by atoms with E-state index in [1.165, 1.54) is 0 Å². The minimum Gasteiger partial charge on any atom is -0.473 e. The highest BCUT2D eigenvalue weighted by Gasteiger charge is 2.74. The van der Waals surface area contributed by atoms with Gasteiger partial charge in [-0.05, 0) is 46.9 Å². The van der Waals surface area contributed by atoms with Crippen molar-refractivity contribution >= 4 is 22.3 Å². The van der Waals surface area contributed by atoms with Crippen LogP contribution >= 0.6 is 0 Å². The number of carbonyl (C=O) groups excluding carboxylic acids is 2. The van der Waals surface area contributed by atoms with Crippen LogP contribution in [-0.2, 0) is 31.8 Å². The van der Waals surface area contributed by atoms with Crippen molar-refractivity contribution < 1.29 is 19.1 Å². The summed E-state index contributed by atoms with van der Waals surface area (Å²) in [5.74, 6) is -0.337. The van der Waals surface area contributed by atoms with Crippen molar-refractivity contribution in [2.75, 3.05) is 6.61 Å². The zero-order chi connectivity index (χ0) is 24.9. The molecule has 4 aromatic rings. The van der Waals surface area contributed by atoms with Gasteiger partial charge in [-0.25, -0.2) is 0 Å². The van der Waals surface area contributed by atoms with Crippen LogP contribution in [0.3, 0.4) is 0 Å². The fourth-order valence-corrected chi connectivity index (χ4v) is 8.09. The van der Waals surface area contributed by atoms with E-state index in [4.69, 9.17) is 9.47 Å². The summed E-state index contributed by atoms with van der Waals surface area (Å²) in [6.45, 7) is 2.40. The first-order valence-corrected chi connectivity index (χ1v) is 13.2. The van der Waals surface area contributed by atoms with E-state index in [0.717, 1.165) is 44.3 Å². The Labute approximate surface area is 215 Å². The van der Waals surface area contributed by atoms with E-state index in [1.54, 1.807) is 0 Å². The molecule has 1 fully saturated rings. The SMILES string of the molecule is CCO[C@H]1c2ccccc2[C@]23Oc4ccc5ccccc5c4C[C@]24CC(=O)[C@@H](c2ccccc24)[C@H]1C3=O. The van der Waals surface area contributed by atoms with Crippen molar-refractivity contribution in [3.63, 3.8) is 0 Å². The summed E-state index contributed by atoms with van der Waals surface area (Å²) in [6, 6.07) is 28.6. The third-order valence-corrected chi connectivity index (χ3v) is 9.38. The lowest BCUT2D eigenvalue weighted by Gasteiger charge is -2.55. The molecule has 37 heavy (non-hydrogen) atoms. The second-order valence-electron chi connectivity index (χ2n) is 10.9. The summed E-state index contributed by atoms with van der Waals surface area (Å²) in [5.41, 5.74) is 2.78. The molecule has 4 aliphatic carbocycles. The molecule has 1 aliphatic heterocycles. The molecule has 0 N–H and O–H groups in total. The maximum Gasteiger partial charge on any atom is 0.203 e. The van der Waals surface area contributed by atoms with E-state index in [0.29, 0.717) is 13.0 Å². The number of carbonyl (C=O) groups is 2. The van der Waals surface area contributed by atoms with Crippen molar-refractivity contribution in [3.8, 4) is 5.75 Å². The van der Waals surface area contributed by atoms with Crippen LogP contribution in [0.4, 0.5) is 0 Å². The Bertz CT molecular complexity index is 1650. The maximum absolute atomic E-state index is 15.0. The Morgan fingerprint density at radius 1 is 0.838 bits per heavy atom. The van der Waals surface area contributed by atoms with Crippen LogP contribution in [0.1, 0.15) is 53.2 Å². The van der Waals surface area contributed by atoms with Gasteiger partial charge in [0.15, 0.2) is 5.78 Å². The summed E-state index contributed by atoms with van der Waals surface area (Å²) in [4.78, 5) is 29.2. The molecule has 4 aromatic carbocycles. The lowest BCUT2D eigenvalue weighted by Crippen LogP contribution is -2.64. The molecule has 9 rings (SSSR count). The minimum absolute atomic E-state index is 0.0180. The highest BCUT2D eigenvalue weighted by atomic mass is 16.5. The van der Waals surface area contributed by atoms with Crippen molar-refractivity contribution in [2.24, 2.45) is 5.92 Å². The average molecular weight is 487 g/mol. The summed E-state index contributed by atoms with van der Waals surface area (Å²) in [6.07, 6.45) is 0.342. The topological polar surface area (TPSA) is 52.6 Å². The third kappa shape index (κ3) is 2.38. The molecule has 0 aromatic heterocycles. The van der Waals surface area contributed by atoms with Crippen LogP contribution in [0.2, 0.25) is 0 Å². The van der Waals surface area contributed by atoms with E-state index in [1.807, 2.05) is 61.5 Å². The number of hydrogen-bond donors (Lipinski definition) is 0. The van der Waals surface area contributed by atoms with Gasteiger partial charge in [-0.1, -0.05) is 78.9 Å². The van der Waals surface area contributed by atoms with Crippen molar-refractivity contribution in [2.45, 2.75) is 42.8 Å². The number of ketones is 2. The number of benzene rings is 4. The van der Waals surface area contributed by atoms with Gasteiger partial charge in [-0.3, -0.25) is 9.59 Å². The Morgan fingerprint density at radius 3 is 2.41 bits per heavy atom. The van der Waals surface area contributed by atoms with Gasteiger partial charge in [0.1, 0.15) is 11.5 Å². The van der Waals surface area contributed by atoms with Crippen LogP contribution in [0, 0.1) is 5.92 Å². The lowest BCUT2D eigenvalue weighted by atomic mass is 9.54. The van der Waals surface area contributed by atoms with Crippen LogP contribution < -0.4 is 4.74 Å². The number of hydrogen-bond acceptors (Lipinski definition) is 4. The average Bonchev–Trinajstić information content (AvgIpc) is 3.02. The van der Waals surface area contributed by atoms with Gasteiger partial charge in [0.05, 0.1) is 23.4 Å².